The molecule has 1 aromatic heterocycles. The number of aromatic nitrogens is 1. The van der Waals surface area contributed by atoms with Crippen molar-refractivity contribution in [1.82, 2.24) is 4.98 Å². The summed E-state index contributed by atoms with van der Waals surface area (Å²) in [5, 5.41) is 0. The van der Waals surface area contributed by atoms with E-state index >= 15 is 0 Å². The van der Waals surface area contributed by atoms with Gasteiger partial charge >= 0.3 is 0 Å². The van der Waals surface area contributed by atoms with E-state index in [0.29, 0.717) is 5.92 Å². The molecule has 0 saturated carbocycles. The monoisotopic (exact) mass is 177 g/mol. The average molecular weight is 177 g/mol. The number of pyridine rings is 1. The van der Waals surface area contributed by atoms with E-state index in [-0.39, 0.29) is 0 Å². The highest BCUT2D eigenvalue weighted by Crippen LogP contribution is 2.26. The van der Waals surface area contributed by atoms with E-state index < -0.39 is 0 Å². The van der Waals surface area contributed by atoms with Gasteiger partial charge in [-0.3, -0.25) is 4.98 Å². The second-order valence-corrected chi connectivity index (χ2v) is 3.59. The van der Waals surface area contributed by atoms with Crippen LogP contribution in [0.2, 0.25) is 0 Å². The van der Waals surface area contributed by atoms with Crippen molar-refractivity contribution in [2.24, 2.45) is 0 Å². The van der Waals surface area contributed by atoms with Gasteiger partial charge in [0.05, 0.1) is 0 Å². The Morgan fingerprint density at radius 2 is 2.15 bits per heavy atom. The molecule has 2 rings (SSSR count). The highest BCUT2D eigenvalue weighted by molar-refractivity contribution is 5.21. The van der Waals surface area contributed by atoms with Crippen LogP contribution in [0.1, 0.15) is 30.0 Å². The Bertz CT molecular complexity index is 279. The fourth-order valence-electron chi connectivity index (χ4n) is 1.90. The summed E-state index contributed by atoms with van der Waals surface area (Å²) in [6, 6.07) is 4.13. The van der Waals surface area contributed by atoms with Crippen molar-refractivity contribution in [3.05, 3.63) is 29.6 Å². The molecule has 0 aliphatic carbocycles. The molecule has 1 fully saturated rings. The molecule has 2 heteroatoms. The van der Waals surface area contributed by atoms with Crippen LogP contribution >= 0.6 is 0 Å². The Morgan fingerprint density at radius 1 is 1.38 bits per heavy atom. The number of hydrogen-bond acceptors (Lipinski definition) is 2. The van der Waals surface area contributed by atoms with Crippen molar-refractivity contribution in [1.29, 1.82) is 0 Å². The minimum atomic E-state index is 0.620. The lowest BCUT2D eigenvalue weighted by atomic mass is 9.93. The fraction of sp³-hybridized carbons (Fsp3) is 0.545. The lowest BCUT2D eigenvalue weighted by Crippen LogP contribution is -2.15. The molecule has 0 radical (unpaired) electrons. The van der Waals surface area contributed by atoms with Crippen LogP contribution in [0.15, 0.2) is 18.3 Å². The molecule has 0 unspecified atom stereocenters. The van der Waals surface area contributed by atoms with Crippen LogP contribution in [-0.2, 0) is 4.74 Å². The van der Waals surface area contributed by atoms with Crippen molar-refractivity contribution in [3.63, 3.8) is 0 Å². The lowest BCUT2D eigenvalue weighted by Gasteiger charge is -2.22. The van der Waals surface area contributed by atoms with E-state index in [0.717, 1.165) is 26.1 Å². The first-order chi connectivity index (χ1) is 6.38. The smallest absolute Gasteiger partial charge is 0.0472 e. The zero-order valence-corrected chi connectivity index (χ0v) is 7.99. The zero-order valence-electron chi connectivity index (χ0n) is 7.99. The number of hydrogen-bond donors (Lipinski definition) is 0. The van der Waals surface area contributed by atoms with Crippen molar-refractivity contribution >= 4 is 0 Å². The summed E-state index contributed by atoms with van der Waals surface area (Å²) in [6.07, 6.45) is 4.13. The molecule has 1 aliphatic heterocycles. The minimum absolute atomic E-state index is 0.620. The van der Waals surface area contributed by atoms with E-state index in [2.05, 4.69) is 18.0 Å². The van der Waals surface area contributed by atoms with Gasteiger partial charge in [-0.15, -0.1) is 0 Å². The molecule has 1 aromatic rings. The molecule has 2 heterocycles. The maximum atomic E-state index is 5.33. The number of aryl methyl sites for hydroxylation is 1. The predicted octanol–water partition coefficient (Wildman–Crippen LogP) is 2.28. The Balaban J connectivity index is 2.18. The maximum Gasteiger partial charge on any atom is 0.0472 e. The third-order valence-electron chi connectivity index (χ3n) is 2.66. The van der Waals surface area contributed by atoms with Gasteiger partial charge in [0.1, 0.15) is 0 Å². The van der Waals surface area contributed by atoms with Crippen LogP contribution in [0.5, 0.6) is 0 Å². The molecule has 1 aliphatic rings. The van der Waals surface area contributed by atoms with Crippen LogP contribution in [0.25, 0.3) is 0 Å². The van der Waals surface area contributed by atoms with Gasteiger partial charge in [0.2, 0.25) is 0 Å². The highest BCUT2D eigenvalue weighted by atomic mass is 16.5. The van der Waals surface area contributed by atoms with Gasteiger partial charge in [0, 0.05) is 31.0 Å². The second-order valence-electron chi connectivity index (χ2n) is 3.59. The van der Waals surface area contributed by atoms with Crippen LogP contribution in [0.3, 0.4) is 0 Å². The first-order valence-electron chi connectivity index (χ1n) is 4.87. The summed E-state index contributed by atoms with van der Waals surface area (Å²) >= 11 is 0. The predicted molar refractivity (Wildman–Crippen MR) is 51.8 cm³/mol. The van der Waals surface area contributed by atoms with Crippen molar-refractivity contribution in [2.75, 3.05) is 13.2 Å². The molecule has 70 valence electrons. The van der Waals surface area contributed by atoms with Gasteiger partial charge in [0.15, 0.2) is 0 Å². The first-order valence-corrected chi connectivity index (χ1v) is 4.87. The first kappa shape index (κ1) is 8.70. The van der Waals surface area contributed by atoms with E-state index in [9.17, 15) is 0 Å². The molecule has 0 amide bonds. The third kappa shape index (κ3) is 1.89. The Kier molecular flexibility index (Phi) is 2.60. The quantitative estimate of drug-likeness (QED) is 0.656. The molecular formula is C11H15NO. The lowest BCUT2D eigenvalue weighted by molar-refractivity contribution is 0.0844. The van der Waals surface area contributed by atoms with Crippen molar-refractivity contribution in [3.8, 4) is 0 Å². The highest BCUT2D eigenvalue weighted by Gasteiger charge is 2.18. The maximum absolute atomic E-state index is 5.33. The summed E-state index contributed by atoms with van der Waals surface area (Å²) in [6.45, 7) is 3.92. The molecule has 0 bridgehead atoms. The molecule has 0 N–H and O–H groups in total. The van der Waals surface area contributed by atoms with Gasteiger partial charge in [-0.1, -0.05) is 6.07 Å². The van der Waals surface area contributed by atoms with E-state index in [1.54, 1.807) is 0 Å². The number of ether oxygens (including phenoxy) is 1. The van der Waals surface area contributed by atoms with Gasteiger partial charge in [0.25, 0.3) is 0 Å². The Morgan fingerprint density at radius 3 is 2.85 bits per heavy atom. The largest absolute Gasteiger partial charge is 0.381 e. The summed E-state index contributed by atoms with van der Waals surface area (Å²) in [7, 11) is 0. The molecule has 0 aromatic carbocycles. The van der Waals surface area contributed by atoms with Crippen molar-refractivity contribution in [2.45, 2.75) is 25.7 Å². The summed E-state index contributed by atoms with van der Waals surface area (Å²) in [4.78, 5) is 4.45. The SMILES string of the molecule is Cc1cccnc1C1CCOCC1. The van der Waals surface area contributed by atoms with Crippen LogP contribution < -0.4 is 0 Å². The minimum Gasteiger partial charge on any atom is -0.381 e. The molecule has 2 nitrogen and oxygen atoms in total. The zero-order chi connectivity index (χ0) is 9.10. The Hall–Kier alpha value is -0.890. The van der Waals surface area contributed by atoms with E-state index in [1.165, 1.54) is 11.3 Å². The molecule has 1 saturated heterocycles. The molecule has 13 heavy (non-hydrogen) atoms. The second kappa shape index (κ2) is 3.88. The fourth-order valence-corrected chi connectivity index (χ4v) is 1.90. The van der Waals surface area contributed by atoms with Crippen LogP contribution in [0, 0.1) is 6.92 Å². The molecule has 0 atom stereocenters. The number of rotatable bonds is 1. The molecule has 0 spiro atoms. The van der Waals surface area contributed by atoms with Crippen LogP contribution in [0.4, 0.5) is 0 Å². The van der Waals surface area contributed by atoms with Gasteiger partial charge in [-0.2, -0.15) is 0 Å². The van der Waals surface area contributed by atoms with E-state index in [1.807, 2.05) is 12.3 Å². The van der Waals surface area contributed by atoms with Crippen molar-refractivity contribution < 1.29 is 4.74 Å². The summed E-state index contributed by atoms with van der Waals surface area (Å²) in [5.74, 6) is 0.620. The average Bonchev–Trinajstić information content (AvgIpc) is 2.20. The van der Waals surface area contributed by atoms with Gasteiger partial charge in [-0.05, 0) is 31.4 Å². The Labute approximate surface area is 78.9 Å². The third-order valence-corrected chi connectivity index (χ3v) is 2.66. The topological polar surface area (TPSA) is 22.1 Å². The molecular weight excluding hydrogens is 162 g/mol. The van der Waals surface area contributed by atoms with Crippen LogP contribution in [-0.4, -0.2) is 18.2 Å². The normalized spacial score (nSPS) is 18.8. The number of nitrogens with zero attached hydrogens (tertiary/aromatic N) is 1. The van der Waals surface area contributed by atoms with E-state index in [4.69, 9.17) is 4.74 Å². The standard InChI is InChI=1S/C11H15NO/c1-9-3-2-6-12-11(9)10-4-7-13-8-5-10/h2-3,6,10H,4-5,7-8H2,1H3. The van der Waals surface area contributed by atoms with Gasteiger partial charge in [-0.25, -0.2) is 0 Å². The summed E-state index contributed by atoms with van der Waals surface area (Å²) < 4.78 is 5.33. The summed E-state index contributed by atoms with van der Waals surface area (Å²) in [5.41, 5.74) is 2.58. The van der Waals surface area contributed by atoms with Gasteiger partial charge < -0.3 is 4.74 Å².